The minimum atomic E-state index is 0.00922. The lowest BCUT2D eigenvalue weighted by molar-refractivity contribution is 0.0359. The van der Waals surface area contributed by atoms with Crippen LogP contribution in [0.4, 0.5) is 0 Å². The highest BCUT2D eigenvalue weighted by atomic mass is 32.1. The maximum absolute atomic E-state index is 5.21. The molecule has 70 valence electrons. The molecule has 1 N–H and O–H groups in total. The Balaban J connectivity index is 1.96. The van der Waals surface area contributed by atoms with E-state index in [1.165, 1.54) is 4.88 Å². The van der Waals surface area contributed by atoms with Crippen molar-refractivity contribution in [3.05, 3.63) is 22.4 Å². The van der Waals surface area contributed by atoms with Crippen molar-refractivity contribution in [2.75, 3.05) is 0 Å². The van der Waals surface area contributed by atoms with Crippen molar-refractivity contribution in [2.24, 2.45) is 4.99 Å². The number of hydroxylamine groups is 1. The Hall–Kier alpha value is -0.870. The van der Waals surface area contributed by atoms with Crippen LogP contribution in [-0.2, 0) is 11.3 Å². The van der Waals surface area contributed by atoms with Gasteiger partial charge in [0.25, 0.3) is 0 Å². The van der Waals surface area contributed by atoms with E-state index in [1.54, 1.807) is 11.3 Å². The third kappa shape index (κ3) is 2.08. The molecule has 1 aliphatic rings. The first kappa shape index (κ1) is 8.72. The van der Waals surface area contributed by atoms with Crippen LogP contribution in [0.5, 0.6) is 0 Å². The summed E-state index contributed by atoms with van der Waals surface area (Å²) in [5.74, 6) is 0.939. The first-order valence-corrected chi connectivity index (χ1v) is 5.27. The molecule has 0 amide bonds. The average Bonchev–Trinajstić information content (AvgIpc) is 2.76. The molecule has 0 saturated carbocycles. The third-order valence-electron chi connectivity index (χ3n) is 1.88. The van der Waals surface area contributed by atoms with E-state index in [-0.39, 0.29) is 6.23 Å². The second-order valence-corrected chi connectivity index (χ2v) is 3.95. The summed E-state index contributed by atoms with van der Waals surface area (Å²) in [6.07, 6.45) is 1.78. The topological polar surface area (TPSA) is 33.6 Å². The first-order chi connectivity index (χ1) is 6.38. The molecule has 13 heavy (non-hydrogen) atoms. The highest BCUT2D eigenvalue weighted by Gasteiger charge is 2.15. The van der Waals surface area contributed by atoms with Gasteiger partial charge in [0, 0.05) is 11.3 Å². The number of rotatable bonds is 3. The molecule has 2 rings (SSSR count). The Morgan fingerprint density at radius 2 is 2.62 bits per heavy atom. The van der Waals surface area contributed by atoms with Gasteiger partial charge in [-0.25, -0.2) is 9.83 Å². The van der Waals surface area contributed by atoms with E-state index in [0.717, 1.165) is 18.7 Å². The van der Waals surface area contributed by atoms with Gasteiger partial charge >= 0.3 is 0 Å². The minimum absolute atomic E-state index is 0.00922. The maximum atomic E-state index is 5.21. The predicted octanol–water partition coefficient (Wildman–Crippen LogP) is 1.96. The molecule has 1 aromatic heterocycles. The summed E-state index contributed by atoms with van der Waals surface area (Å²) in [4.78, 5) is 10.9. The highest BCUT2D eigenvalue weighted by molar-refractivity contribution is 7.10. The van der Waals surface area contributed by atoms with Crippen molar-refractivity contribution in [2.45, 2.75) is 26.0 Å². The number of amidine groups is 1. The standard InChI is InChI=1S/C9H12N2OS/c1-2-9-10-8(11-12-9)6-7-4-3-5-13-7/h3-5,9H,2,6H2,1H3,(H,10,11). The molecule has 1 atom stereocenters. The molecule has 0 aliphatic carbocycles. The third-order valence-corrected chi connectivity index (χ3v) is 2.76. The predicted molar refractivity (Wildman–Crippen MR) is 53.8 cm³/mol. The van der Waals surface area contributed by atoms with Gasteiger partial charge in [0.2, 0.25) is 0 Å². The molecule has 0 fully saturated rings. The first-order valence-electron chi connectivity index (χ1n) is 4.39. The number of aliphatic imine (C=N–C) groups is 1. The normalized spacial score (nSPS) is 21.3. The molecule has 1 aromatic rings. The molecule has 2 heterocycles. The van der Waals surface area contributed by atoms with Gasteiger partial charge in [-0.05, 0) is 17.9 Å². The molecule has 3 nitrogen and oxygen atoms in total. The van der Waals surface area contributed by atoms with Crippen molar-refractivity contribution >= 4 is 17.2 Å². The Bertz CT molecular complexity index is 295. The van der Waals surface area contributed by atoms with Crippen molar-refractivity contribution in [1.29, 1.82) is 0 Å². The summed E-state index contributed by atoms with van der Waals surface area (Å²) in [5.41, 5.74) is 2.85. The highest BCUT2D eigenvalue weighted by Crippen LogP contribution is 2.12. The zero-order chi connectivity index (χ0) is 9.10. The van der Waals surface area contributed by atoms with Crippen molar-refractivity contribution in [3.63, 3.8) is 0 Å². The summed E-state index contributed by atoms with van der Waals surface area (Å²) in [7, 11) is 0. The van der Waals surface area contributed by atoms with Gasteiger partial charge in [-0.3, -0.25) is 5.48 Å². The molecule has 0 spiro atoms. The summed E-state index contributed by atoms with van der Waals surface area (Å²) >= 11 is 1.74. The van der Waals surface area contributed by atoms with Crippen LogP contribution in [0.15, 0.2) is 22.5 Å². The minimum Gasteiger partial charge on any atom is -0.250 e. The second kappa shape index (κ2) is 3.89. The van der Waals surface area contributed by atoms with Gasteiger partial charge in [0.15, 0.2) is 6.23 Å². The zero-order valence-electron chi connectivity index (χ0n) is 7.49. The molecule has 0 aromatic carbocycles. The van der Waals surface area contributed by atoms with Gasteiger partial charge in [0.1, 0.15) is 5.84 Å². The summed E-state index contributed by atoms with van der Waals surface area (Å²) in [6, 6.07) is 4.15. The van der Waals surface area contributed by atoms with Gasteiger partial charge < -0.3 is 0 Å². The van der Waals surface area contributed by atoms with Gasteiger partial charge in [-0.2, -0.15) is 0 Å². The smallest absolute Gasteiger partial charge is 0.176 e. The zero-order valence-corrected chi connectivity index (χ0v) is 8.30. The Kier molecular flexibility index (Phi) is 2.61. The van der Waals surface area contributed by atoms with Crippen molar-refractivity contribution in [3.8, 4) is 0 Å². The van der Waals surface area contributed by atoms with E-state index in [4.69, 9.17) is 4.84 Å². The quantitative estimate of drug-likeness (QED) is 0.801. The lowest BCUT2D eigenvalue weighted by atomic mass is 10.3. The largest absolute Gasteiger partial charge is 0.250 e. The van der Waals surface area contributed by atoms with Crippen LogP contribution >= 0.6 is 11.3 Å². The lowest BCUT2D eigenvalue weighted by Crippen LogP contribution is -2.19. The van der Waals surface area contributed by atoms with E-state index in [1.807, 2.05) is 6.07 Å². The summed E-state index contributed by atoms with van der Waals surface area (Å²) < 4.78 is 0. The van der Waals surface area contributed by atoms with E-state index < -0.39 is 0 Å². The number of thiophene rings is 1. The number of nitrogens with one attached hydrogen (secondary N) is 1. The van der Waals surface area contributed by atoms with Crippen LogP contribution in [0.3, 0.4) is 0 Å². The average molecular weight is 196 g/mol. The number of nitrogens with zero attached hydrogens (tertiary/aromatic N) is 1. The van der Waals surface area contributed by atoms with Crippen molar-refractivity contribution in [1.82, 2.24) is 5.48 Å². The fraction of sp³-hybridized carbons (Fsp3) is 0.444. The van der Waals surface area contributed by atoms with Crippen LogP contribution in [0.2, 0.25) is 0 Å². The monoisotopic (exact) mass is 196 g/mol. The molecule has 0 bridgehead atoms. The molecule has 1 aliphatic heterocycles. The van der Waals surface area contributed by atoms with Gasteiger partial charge in [-0.15, -0.1) is 11.3 Å². The van der Waals surface area contributed by atoms with Crippen LogP contribution in [-0.4, -0.2) is 12.1 Å². The molecule has 0 radical (unpaired) electrons. The molecular weight excluding hydrogens is 184 g/mol. The van der Waals surface area contributed by atoms with Gasteiger partial charge in [0.05, 0.1) is 0 Å². The molecule has 1 unspecified atom stereocenters. The molecular formula is C9H12N2OS. The van der Waals surface area contributed by atoms with Crippen LogP contribution in [0.1, 0.15) is 18.2 Å². The summed E-state index contributed by atoms with van der Waals surface area (Å²) in [6.45, 7) is 2.06. The van der Waals surface area contributed by atoms with Crippen LogP contribution in [0, 0.1) is 0 Å². The van der Waals surface area contributed by atoms with Crippen LogP contribution in [0.25, 0.3) is 0 Å². The van der Waals surface area contributed by atoms with E-state index in [0.29, 0.717) is 0 Å². The Morgan fingerprint density at radius 3 is 3.23 bits per heavy atom. The number of hydrogen-bond acceptors (Lipinski definition) is 4. The van der Waals surface area contributed by atoms with E-state index >= 15 is 0 Å². The van der Waals surface area contributed by atoms with E-state index in [9.17, 15) is 0 Å². The number of hydrogen-bond donors (Lipinski definition) is 1. The fourth-order valence-electron chi connectivity index (χ4n) is 1.20. The van der Waals surface area contributed by atoms with E-state index in [2.05, 4.69) is 28.8 Å². The van der Waals surface area contributed by atoms with Crippen LogP contribution < -0.4 is 5.48 Å². The van der Waals surface area contributed by atoms with Gasteiger partial charge in [-0.1, -0.05) is 13.0 Å². The second-order valence-electron chi connectivity index (χ2n) is 2.91. The Labute approximate surface area is 81.4 Å². The Morgan fingerprint density at radius 1 is 1.69 bits per heavy atom. The van der Waals surface area contributed by atoms with Crippen molar-refractivity contribution < 1.29 is 4.84 Å². The SMILES string of the molecule is CCC1N=C(Cc2cccs2)NO1. The fourth-order valence-corrected chi connectivity index (χ4v) is 1.91. The summed E-state index contributed by atoms with van der Waals surface area (Å²) in [5, 5.41) is 2.07. The molecule has 4 heteroatoms. The maximum Gasteiger partial charge on any atom is 0.176 e. The lowest BCUT2D eigenvalue weighted by Gasteiger charge is -1.99. The molecule has 0 saturated heterocycles.